The first kappa shape index (κ1) is 13.7. The molecule has 112 valence electrons. The van der Waals surface area contributed by atoms with E-state index in [-0.39, 0.29) is 5.41 Å². The van der Waals surface area contributed by atoms with Crippen LogP contribution < -0.4 is 0 Å². The summed E-state index contributed by atoms with van der Waals surface area (Å²) in [4.78, 5) is 25.1. The molecule has 0 aromatic heterocycles. The SMILES string of the molecule is CC(C)(C)OC(=O)N1C[C@@]2(C[C@@H]2C2CC2)C[C@H]1C(=O)O. The first-order valence-corrected chi connectivity index (χ1v) is 7.44. The van der Waals surface area contributed by atoms with Crippen LogP contribution in [-0.2, 0) is 9.53 Å². The van der Waals surface area contributed by atoms with Crippen LogP contribution in [0.3, 0.4) is 0 Å². The summed E-state index contributed by atoms with van der Waals surface area (Å²) in [5.41, 5.74) is -0.517. The number of hydrogen-bond donors (Lipinski definition) is 1. The number of aliphatic carboxylic acids is 1. The van der Waals surface area contributed by atoms with Crippen molar-refractivity contribution in [1.29, 1.82) is 0 Å². The number of rotatable bonds is 2. The molecule has 5 heteroatoms. The van der Waals surface area contributed by atoms with Gasteiger partial charge in [-0.3, -0.25) is 4.90 Å². The molecule has 1 spiro atoms. The summed E-state index contributed by atoms with van der Waals surface area (Å²) in [7, 11) is 0. The number of amides is 1. The van der Waals surface area contributed by atoms with Crippen LogP contribution in [0.25, 0.3) is 0 Å². The lowest BCUT2D eigenvalue weighted by atomic mass is 9.98. The smallest absolute Gasteiger partial charge is 0.411 e. The lowest BCUT2D eigenvalue weighted by Gasteiger charge is -2.26. The van der Waals surface area contributed by atoms with Crippen molar-refractivity contribution in [3.05, 3.63) is 0 Å². The molecule has 3 fully saturated rings. The molecule has 0 aromatic carbocycles. The molecule has 1 heterocycles. The molecule has 1 N–H and O–H groups in total. The minimum Gasteiger partial charge on any atom is -0.480 e. The van der Waals surface area contributed by atoms with Gasteiger partial charge in [-0.05, 0) is 63.7 Å². The second-order valence-corrected chi connectivity index (χ2v) is 7.68. The van der Waals surface area contributed by atoms with E-state index in [1.54, 1.807) is 20.8 Å². The van der Waals surface area contributed by atoms with E-state index in [1.165, 1.54) is 17.7 Å². The van der Waals surface area contributed by atoms with Gasteiger partial charge in [-0.25, -0.2) is 9.59 Å². The molecule has 1 saturated heterocycles. The van der Waals surface area contributed by atoms with Crippen LogP contribution in [-0.4, -0.2) is 40.3 Å². The zero-order valence-corrected chi connectivity index (χ0v) is 12.4. The number of carboxylic acids is 1. The molecule has 2 aliphatic carbocycles. The third-order valence-corrected chi connectivity index (χ3v) is 4.82. The van der Waals surface area contributed by atoms with Crippen molar-refractivity contribution in [3.63, 3.8) is 0 Å². The minimum atomic E-state index is -0.908. The summed E-state index contributed by atoms with van der Waals surface area (Å²) in [6, 6.07) is -0.714. The van der Waals surface area contributed by atoms with Crippen molar-refractivity contribution in [2.24, 2.45) is 17.3 Å². The van der Waals surface area contributed by atoms with Crippen molar-refractivity contribution in [3.8, 4) is 0 Å². The Morgan fingerprint density at radius 1 is 1.25 bits per heavy atom. The number of carboxylic acid groups (broad SMARTS) is 1. The third kappa shape index (κ3) is 2.38. The standard InChI is InChI=1S/C15H23NO4/c1-14(2,3)20-13(19)16-8-15(7-11(16)12(17)18)6-10(15)9-4-5-9/h9-11H,4-8H2,1-3H3,(H,17,18)/t10-,11+,15-/m1/s1. The lowest BCUT2D eigenvalue weighted by Crippen LogP contribution is -2.43. The fourth-order valence-corrected chi connectivity index (χ4v) is 3.70. The van der Waals surface area contributed by atoms with Crippen LogP contribution >= 0.6 is 0 Å². The van der Waals surface area contributed by atoms with Crippen LogP contribution in [0.15, 0.2) is 0 Å². The normalized spacial score (nSPS) is 36.2. The highest BCUT2D eigenvalue weighted by molar-refractivity contribution is 5.81. The second kappa shape index (κ2) is 4.12. The summed E-state index contributed by atoms with van der Waals surface area (Å²) < 4.78 is 5.36. The summed E-state index contributed by atoms with van der Waals surface area (Å²) in [6.07, 6.45) is 3.75. The van der Waals surface area contributed by atoms with Gasteiger partial charge in [-0.15, -0.1) is 0 Å². The van der Waals surface area contributed by atoms with Crippen molar-refractivity contribution in [2.45, 2.75) is 58.1 Å². The zero-order chi connectivity index (χ0) is 14.7. The van der Waals surface area contributed by atoms with E-state index >= 15 is 0 Å². The van der Waals surface area contributed by atoms with Gasteiger partial charge in [0.05, 0.1) is 0 Å². The van der Waals surface area contributed by atoms with E-state index in [0.717, 1.165) is 12.3 Å². The number of carbonyl (C=O) groups is 2. The highest BCUT2D eigenvalue weighted by Crippen LogP contribution is 2.67. The quantitative estimate of drug-likeness (QED) is 0.844. The van der Waals surface area contributed by atoms with Crippen LogP contribution in [0.5, 0.6) is 0 Å². The first-order chi connectivity index (χ1) is 9.22. The molecule has 0 radical (unpaired) electrons. The second-order valence-electron chi connectivity index (χ2n) is 7.68. The molecule has 0 unspecified atom stereocenters. The predicted octanol–water partition coefficient (Wildman–Crippen LogP) is 2.50. The van der Waals surface area contributed by atoms with Crippen molar-refractivity contribution in [1.82, 2.24) is 4.90 Å². The highest BCUT2D eigenvalue weighted by Gasteiger charge is 2.66. The first-order valence-electron chi connectivity index (χ1n) is 7.44. The fraction of sp³-hybridized carbons (Fsp3) is 0.867. The molecule has 3 rings (SSSR count). The van der Waals surface area contributed by atoms with Crippen molar-refractivity contribution >= 4 is 12.1 Å². The molecule has 3 atom stereocenters. The fourth-order valence-electron chi connectivity index (χ4n) is 3.70. The molecular weight excluding hydrogens is 258 g/mol. The molecule has 20 heavy (non-hydrogen) atoms. The largest absolute Gasteiger partial charge is 0.480 e. The van der Waals surface area contributed by atoms with Crippen LogP contribution in [0.1, 0.15) is 46.5 Å². The summed E-state index contributed by atoms with van der Waals surface area (Å²) >= 11 is 0. The maximum absolute atomic E-state index is 12.2. The van der Waals surface area contributed by atoms with E-state index in [0.29, 0.717) is 18.9 Å². The molecule has 0 bridgehead atoms. The van der Waals surface area contributed by atoms with Crippen molar-refractivity contribution < 1.29 is 19.4 Å². The monoisotopic (exact) mass is 281 g/mol. The number of likely N-dealkylation sites (tertiary alicyclic amines) is 1. The Kier molecular flexibility index (Phi) is 2.82. The molecule has 1 aliphatic heterocycles. The Labute approximate surface area is 119 Å². The van der Waals surface area contributed by atoms with Crippen LogP contribution in [0.2, 0.25) is 0 Å². The number of carbonyl (C=O) groups excluding carboxylic acids is 1. The van der Waals surface area contributed by atoms with Crippen molar-refractivity contribution in [2.75, 3.05) is 6.54 Å². The van der Waals surface area contributed by atoms with E-state index in [1.807, 2.05) is 0 Å². The van der Waals surface area contributed by atoms with E-state index in [2.05, 4.69) is 0 Å². The average Bonchev–Trinajstić information content (AvgIpc) is 3.13. The Balaban J connectivity index is 1.72. The minimum absolute atomic E-state index is 0.0706. The Morgan fingerprint density at radius 2 is 1.90 bits per heavy atom. The zero-order valence-electron chi connectivity index (χ0n) is 12.4. The van der Waals surface area contributed by atoms with E-state index < -0.39 is 23.7 Å². The van der Waals surface area contributed by atoms with Gasteiger partial charge in [0.1, 0.15) is 11.6 Å². The number of ether oxygens (including phenoxy) is 1. The Hall–Kier alpha value is -1.26. The maximum Gasteiger partial charge on any atom is 0.411 e. The van der Waals surface area contributed by atoms with E-state index in [9.17, 15) is 14.7 Å². The summed E-state index contributed by atoms with van der Waals surface area (Å²) in [6.45, 7) is 5.96. The molecule has 5 nitrogen and oxygen atoms in total. The molecule has 1 amide bonds. The Bertz CT molecular complexity index is 451. The van der Waals surface area contributed by atoms with Gasteiger partial charge in [-0.2, -0.15) is 0 Å². The van der Waals surface area contributed by atoms with Gasteiger partial charge in [-0.1, -0.05) is 0 Å². The van der Waals surface area contributed by atoms with Gasteiger partial charge in [0.15, 0.2) is 0 Å². The molecule has 3 aliphatic rings. The van der Waals surface area contributed by atoms with Gasteiger partial charge in [0.2, 0.25) is 0 Å². The van der Waals surface area contributed by atoms with Gasteiger partial charge in [0, 0.05) is 6.54 Å². The Morgan fingerprint density at radius 3 is 2.40 bits per heavy atom. The van der Waals surface area contributed by atoms with Gasteiger partial charge < -0.3 is 9.84 Å². The highest BCUT2D eigenvalue weighted by atomic mass is 16.6. The van der Waals surface area contributed by atoms with Crippen LogP contribution in [0.4, 0.5) is 4.79 Å². The number of hydrogen-bond acceptors (Lipinski definition) is 3. The van der Waals surface area contributed by atoms with E-state index in [4.69, 9.17) is 4.74 Å². The topological polar surface area (TPSA) is 66.8 Å². The molecular formula is C15H23NO4. The van der Waals surface area contributed by atoms with Crippen LogP contribution in [0, 0.1) is 17.3 Å². The molecule has 0 aromatic rings. The average molecular weight is 281 g/mol. The third-order valence-electron chi connectivity index (χ3n) is 4.82. The lowest BCUT2D eigenvalue weighted by molar-refractivity contribution is -0.142. The maximum atomic E-state index is 12.2. The predicted molar refractivity (Wildman–Crippen MR) is 72.2 cm³/mol. The van der Waals surface area contributed by atoms with Gasteiger partial charge in [0.25, 0.3) is 0 Å². The number of nitrogens with zero attached hydrogens (tertiary/aromatic N) is 1. The molecule has 2 saturated carbocycles. The van der Waals surface area contributed by atoms with Gasteiger partial charge >= 0.3 is 12.1 Å². The summed E-state index contributed by atoms with van der Waals surface area (Å²) in [5, 5.41) is 9.38. The summed E-state index contributed by atoms with van der Waals surface area (Å²) in [5.74, 6) is 0.508.